The van der Waals surface area contributed by atoms with E-state index in [9.17, 15) is 0 Å². The van der Waals surface area contributed by atoms with Gasteiger partial charge in [0, 0.05) is 30.1 Å². The van der Waals surface area contributed by atoms with Crippen LogP contribution in [-0.2, 0) is 5.41 Å². The molecule has 0 aromatic carbocycles. The average Bonchev–Trinajstić information content (AvgIpc) is 2.73. The standard InChI is InChI=1S/C16H27ClN4/c1-10-8-21(9-12(10)20(6)7)14-11(2)13(17)18-15(19-14)16(3,4)5/h10,12H,8-9H2,1-7H3. The number of aromatic nitrogens is 2. The molecule has 1 fully saturated rings. The lowest BCUT2D eigenvalue weighted by atomic mass is 9.95. The smallest absolute Gasteiger partial charge is 0.137 e. The Balaban J connectivity index is 2.38. The summed E-state index contributed by atoms with van der Waals surface area (Å²) in [6, 6.07) is 0.552. The lowest BCUT2D eigenvalue weighted by molar-refractivity contribution is 0.266. The first kappa shape index (κ1) is 16.5. The van der Waals surface area contributed by atoms with Crippen LogP contribution in [0.3, 0.4) is 0 Å². The van der Waals surface area contributed by atoms with Crippen molar-refractivity contribution in [2.24, 2.45) is 5.92 Å². The molecule has 1 aliphatic heterocycles. The number of likely N-dealkylation sites (N-methyl/N-ethyl adjacent to an activating group) is 1. The number of anilines is 1. The van der Waals surface area contributed by atoms with Gasteiger partial charge in [-0.3, -0.25) is 0 Å². The first-order valence-electron chi connectivity index (χ1n) is 7.57. The summed E-state index contributed by atoms with van der Waals surface area (Å²) in [5, 5.41) is 0.575. The molecule has 0 amide bonds. The molecule has 1 aliphatic rings. The molecule has 5 heteroatoms. The second kappa shape index (κ2) is 5.73. The molecular weight excluding hydrogens is 284 g/mol. The van der Waals surface area contributed by atoms with Crippen LogP contribution in [0.15, 0.2) is 0 Å². The molecule has 0 radical (unpaired) electrons. The van der Waals surface area contributed by atoms with E-state index >= 15 is 0 Å². The summed E-state index contributed by atoms with van der Waals surface area (Å²) in [6.07, 6.45) is 0. The number of hydrogen-bond acceptors (Lipinski definition) is 4. The first-order chi connectivity index (χ1) is 9.61. The van der Waals surface area contributed by atoms with Gasteiger partial charge in [0.25, 0.3) is 0 Å². The van der Waals surface area contributed by atoms with E-state index in [4.69, 9.17) is 16.6 Å². The fourth-order valence-electron chi connectivity index (χ4n) is 2.92. The zero-order valence-electron chi connectivity index (χ0n) is 14.2. The Bertz CT molecular complexity index is 522. The highest BCUT2D eigenvalue weighted by Crippen LogP contribution is 2.32. The lowest BCUT2D eigenvalue weighted by Crippen LogP contribution is -2.34. The van der Waals surface area contributed by atoms with Gasteiger partial charge < -0.3 is 9.80 Å². The normalized spacial score (nSPS) is 23.2. The first-order valence-corrected chi connectivity index (χ1v) is 7.95. The zero-order chi connectivity index (χ0) is 15.9. The Morgan fingerprint density at radius 1 is 1.19 bits per heavy atom. The van der Waals surface area contributed by atoms with Gasteiger partial charge in [0.2, 0.25) is 0 Å². The van der Waals surface area contributed by atoms with Gasteiger partial charge in [-0.05, 0) is 26.9 Å². The quantitative estimate of drug-likeness (QED) is 0.786. The van der Waals surface area contributed by atoms with Crippen LogP contribution in [0.25, 0.3) is 0 Å². The van der Waals surface area contributed by atoms with Crippen LogP contribution in [0.4, 0.5) is 5.82 Å². The van der Waals surface area contributed by atoms with E-state index in [-0.39, 0.29) is 5.41 Å². The third-order valence-electron chi connectivity index (χ3n) is 4.27. The highest BCUT2D eigenvalue weighted by molar-refractivity contribution is 6.30. The summed E-state index contributed by atoms with van der Waals surface area (Å²) in [5.41, 5.74) is 0.884. The molecule has 0 N–H and O–H groups in total. The van der Waals surface area contributed by atoms with Crippen LogP contribution in [0.5, 0.6) is 0 Å². The molecule has 118 valence electrons. The predicted octanol–water partition coefficient (Wildman–Crippen LogP) is 3.12. The molecule has 1 saturated heterocycles. The third-order valence-corrected chi connectivity index (χ3v) is 4.64. The Labute approximate surface area is 133 Å². The molecule has 0 bridgehead atoms. The van der Waals surface area contributed by atoms with E-state index in [1.54, 1.807) is 0 Å². The van der Waals surface area contributed by atoms with Crippen molar-refractivity contribution in [3.8, 4) is 0 Å². The molecule has 2 heterocycles. The highest BCUT2D eigenvalue weighted by atomic mass is 35.5. The van der Waals surface area contributed by atoms with Gasteiger partial charge in [-0.25, -0.2) is 9.97 Å². The summed E-state index contributed by atoms with van der Waals surface area (Å²) in [5.74, 6) is 2.43. The van der Waals surface area contributed by atoms with E-state index < -0.39 is 0 Å². The third kappa shape index (κ3) is 3.32. The molecule has 2 unspecified atom stereocenters. The van der Waals surface area contributed by atoms with E-state index in [1.807, 2.05) is 6.92 Å². The van der Waals surface area contributed by atoms with E-state index in [0.717, 1.165) is 30.3 Å². The highest BCUT2D eigenvalue weighted by Gasteiger charge is 2.33. The van der Waals surface area contributed by atoms with Crippen LogP contribution in [-0.4, -0.2) is 48.1 Å². The summed E-state index contributed by atoms with van der Waals surface area (Å²) in [4.78, 5) is 13.9. The van der Waals surface area contributed by atoms with Crippen molar-refractivity contribution < 1.29 is 0 Å². The van der Waals surface area contributed by atoms with Crippen LogP contribution in [0.2, 0.25) is 5.15 Å². The monoisotopic (exact) mass is 310 g/mol. The molecule has 1 aromatic heterocycles. The second-order valence-electron chi connectivity index (χ2n) is 7.45. The number of halogens is 1. The van der Waals surface area contributed by atoms with E-state index in [1.165, 1.54) is 0 Å². The predicted molar refractivity (Wildman–Crippen MR) is 89.3 cm³/mol. The molecule has 1 aromatic rings. The maximum absolute atomic E-state index is 6.35. The van der Waals surface area contributed by atoms with Crippen molar-refractivity contribution in [3.05, 3.63) is 16.5 Å². The molecular formula is C16H27ClN4. The van der Waals surface area contributed by atoms with Crippen molar-refractivity contribution in [1.29, 1.82) is 0 Å². The lowest BCUT2D eigenvalue weighted by Gasteiger charge is -2.25. The molecule has 0 saturated carbocycles. The molecule has 21 heavy (non-hydrogen) atoms. The molecule has 4 nitrogen and oxygen atoms in total. The van der Waals surface area contributed by atoms with Gasteiger partial charge in [-0.2, -0.15) is 0 Å². The van der Waals surface area contributed by atoms with Crippen molar-refractivity contribution in [1.82, 2.24) is 14.9 Å². The van der Waals surface area contributed by atoms with Crippen molar-refractivity contribution >= 4 is 17.4 Å². The van der Waals surface area contributed by atoms with Gasteiger partial charge in [-0.1, -0.05) is 39.3 Å². The fraction of sp³-hybridized carbons (Fsp3) is 0.750. The van der Waals surface area contributed by atoms with Crippen molar-refractivity contribution in [3.63, 3.8) is 0 Å². The molecule has 2 rings (SSSR count). The number of hydrogen-bond donors (Lipinski definition) is 0. The number of nitrogens with zero attached hydrogens (tertiary/aromatic N) is 4. The number of rotatable bonds is 2. The molecule has 0 spiro atoms. The van der Waals surface area contributed by atoms with Crippen LogP contribution in [0, 0.1) is 12.8 Å². The van der Waals surface area contributed by atoms with Gasteiger partial charge in [-0.15, -0.1) is 0 Å². The Kier molecular flexibility index (Phi) is 4.50. The maximum atomic E-state index is 6.35. The Hall–Kier alpha value is -0.870. The van der Waals surface area contributed by atoms with Gasteiger partial charge in [0.15, 0.2) is 0 Å². The second-order valence-corrected chi connectivity index (χ2v) is 7.81. The van der Waals surface area contributed by atoms with Crippen molar-refractivity contribution in [2.75, 3.05) is 32.1 Å². The minimum atomic E-state index is -0.0988. The Morgan fingerprint density at radius 2 is 1.81 bits per heavy atom. The van der Waals surface area contributed by atoms with Gasteiger partial charge in [0.1, 0.15) is 16.8 Å². The zero-order valence-corrected chi connectivity index (χ0v) is 15.0. The van der Waals surface area contributed by atoms with Crippen LogP contribution in [0.1, 0.15) is 39.1 Å². The topological polar surface area (TPSA) is 32.3 Å². The molecule has 2 atom stereocenters. The Morgan fingerprint density at radius 3 is 2.29 bits per heavy atom. The fourth-order valence-corrected chi connectivity index (χ4v) is 3.08. The summed E-state index contributed by atoms with van der Waals surface area (Å²) < 4.78 is 0. The largest absolute Gasteiger partial charge is 0.354 e. The minimum Gasteiger partial charge on any atom is -0.354 e. The van der Waals surface area contributed by atoms with Crippen LogP contribution < -0.4 is 4.90 Å². The average molecular weight is 311 g/mol. The van der Waals surface area contributed by atoms with Gasteiger partial charge in [0.05, 0.1) is 0 Å². The summed E-state index contributed by atoms with van der Waals surface area (Å²) >= 11 is 6.35. The summed E-state index contributed by atoms with van der Waals surface area (Å²) in [7, 11) is 4.29. The maximum Gasteiger partial charge on any atom is 0.137 e. The van der Waals surface area contributed by atoms with Gasteiger partial charge >= 0.3 is 0 Å². The van der Waals surface area contributed by atoms with Crippen LogP contribution >= 0.6 is 11.6 Å². The SMILES string of the molecule is Cc1c(Cl)nc(C(C)(C)C)nc1N1CC(C)C(N(C)C)C1. The van der Waals surface area contributed by atoms with E-state index in [2.05, 4.69) is 56.6 Å². The van der Waals surface area contributed by atoms with Crippen molar-refractivity contribution in [2.45, 2.75) is 46.1 Å². The minimum absolute atomic E-state index is 0.0988. The molecule has 0 aliphatic carbocycles. The van der Waals surface area contributed by atoms with E-state index in [0.29, 0.717) is 17.1 Å². The summed E-state index contributed by atoms with van der Waals surface area (Å²) in [6.45, 7) is 12.7.